The van der Waals surface area contributed by atoms with E-state index in [-0.39, 0.29) is 23.0 Å². The molecule has 0 aromatic carbocycles. The van der Waals surface area contributed by atoms with Crippen LogP contribution in [0.15, 0.2) is 11.6 Å². The maximum absolute atomic E-state index is 12.1. The summed E-state index contributed by atoms with van der Waals surface area (Å²) < 4.78 is 0. The number of Topliss-reactive ketones (excluding diaryl/α,β-unsaturated/α-hetero) is 1. The molecule has 1 fully saturated rings. The zero-order chi connectivity index (χ0) is 14.3. The highest BCUT2D eigenvalue weighted by Gasteiger charge is 2.70. The van der Waals surface area contributed by atoms with Gasteiger partial charge in [0.1, 0.15) is 5.60 Å². The van der Waals surface area contributed by atoms with Crippen LogP contribution in [-0.2, 0) is 4.79 Å². The molecule has 2 heteroatoms. The van der Waals surface area contributed by atoms with Crippen molar-refractivity contribution in [2.75, 3.05) is 0 Å². The highest BCUT2D eigenvalue weighted by Crippen LogP contribution is 2.66. The number of carbonyl (C=O) groups is 1. The van der Waals surface area contributed by atoms with Crippen LogP contribution in [0.5, 0.6) is 0 Å². The molecule has 0 aromatic heterocycles. The summed E-state index contributed by atoms with van der Waals surface area (Å²) >= 11 is 0. The third kappa shape index (κ3) is 2.37. The zero-order valence-corrected chi connectivity index (χ0v) is 12.4. The minimum Gasteiger partial charge on any atom is -0.374 e. The Labute approximate surface area is 116 Å². The molecule has 1 N–H and O–H groups in total. The molecular formula is C17H24O2. The first-order valence-electron chi connectivity index (χ1n) is 7.30. The van der Waals surface area contributed by atoms with Crippen LogP contribution in [0.1, 0.15) is 53.4 Å². The van der Waals surface area contributed by atoms with Crippen molar-refractivity contribution in [3.8, 4) is 11.8 Å². The van der Waals surface area contributed by atoms with Gasteiger partial charge < -0.3 is 5.11 Å². The first kappa shape index (κ1) is 14.3. The second-order valence-electron chi connectivity index (χ2n) is 6.55. The highest BCUT2D eigenvalue weighted by atomic mass is 16.3. The molecule has 0 aliphatic heterocycles. The normalized spacial score (nSPS) is 35.0. The molecule has 19 heavy (non-hydrogen) atoms. The molecule has 0 saturated heterocycles. The highest BCUT2D eigenvalue weighted by molar-refractivity contribution is 6.01. The standard InChI is InChI=1S/C17H24O2/c1-5-6-7-8-9-10-17(19)11-12(2)14(18)13-15(17)16(13,3)4/h11,13,15,19H,5-8H2,1-4H3/t13-,15+,17+/m0/s1. The first-order chi connectivity index (χ1) is 8.84. The number of aliphatic hydroxyl groups is 1. The minimum atomic E-state index is -1.10. The number of allylic oxidation sites excluding steroid dienone is 1. The maximum Gasteiger partial charge on any atom is 0.162 e. The fourth-order valence-corrected chi connectivity index (χ4v) is 3.47. The van der Waals surface area contributed by atoms with E-state index in [1.54, 1.807) is 13.0 Å². The Morgan fingerprint density at radius 1 is 1.37 bits per heavy atom. The van der Waals surface area contributed by atoms with Crippen molar-refractivity contribution in [3.05, 3.63) is 11.6 Å². The Morgan fingerprint density at radius 2 is 2.05 bits per heavy atom. The van der Waals surface area contributed by atoms with Gasteiger partial charge in [0, 0.05) is 18.3 Å². The van der Waals surface area contributed by atoms with E-state index in [0.29, 0.717) is 5.57 Å². The Bertz CT molecular complexity index is 475. The molecule has 2 aliphatic rings. The minimum absolute atomic E-state index is 0.0325. The van der Waals surface area contributed by atoms with Gasteiger partial charge in [-0.1, -0.05) is 45.5 Å². The van der Waals surface area contributed by atoms with Gasteiger partial charge in [-0.15, -0.1) is 0 Å². The maximum atomic E-state index is 12.1. The third-order valence-corrected chi connectivity index (χ3v) is 4.60. The van der Waals surface area contributed by atoms with E-state index < -0.39 is 5.60 Å². The van der Waals surface area contributed by atoms with Crippen LogP contribution in [0.25, 0.3) is 0 Å². The van der Waals surface area contributed by atoms with E-state index >= 15 is 0 Å². The van der Waals surface area contributed by atoms with Gasteiger partial charge in [0.05, 0.1) is 0 Å². The molecule has 2 aliphatic carbocycles. The Hall–Kier alpha value is -1.07. The Morgan fingerprint density at radius 3 is 2.68 bits per heavy atom. The van der Waals surface area contributed by atoms with Crippen molar-refractivity contribution in [2.45, 2.75) is 59.0 Å². The summed E-state index contributed by atoms with van der Waals surface area (Å²) in [5.41, 5.74) is -0.562. The number of hydrogen-bond acceptors (Lipinski definition) is 2. The van der Waals surface area contributed by atoms with Gasteiger partial charge in [-0.2, -0.15) is 0 Å². The van der Waals surface area contributed by atoms with Gasteiger partial charge in [-0.05, 0) is 30.4 Å². The first-order valence-corrected chi connectivity index (χ1v) is 7.30. The number of unbranched alkanes of at least 4 members (excludes halogenated alkanes) is 3. The fraction of sp³-hybridized carbons (Fsp3) is 0.706. The molecule has 1 saturated carbocycles. The average Bonchev–Trinajstić information content (AvgIpc) is 2.91. The van der Waals surface area contributed by atoms with Crippen molar-refractivity contribution < 1.29 is 9.90 Å². The molecule has 2 rings (SSSR count). The molecule has 0 spiro atoms. The van der Waals surface area contributed by atoms with E-state index in [4.69, 9.17) is 0 Å². The lowest BCUT2D eigenvalue weighted by Gasteiger charge is -2.23. The summed E-state index contributed by atoms with van der Waals surface area (Å²) in [4.78, 5) is 12.1. The largest absolute Gasteiger partial charge is 0.374 e. The molecular weight excluding hydrogens is 236 g/mol. The quantitative estimate of drug-likeness (QED) is 0.625. The topological polar surface area (TPSA) is 37.3 Å². The number of fused-ring (bicyclic) bond motifs is 1. The van der Waals surface area contributed by atoms with Crippen LogP contribution >= 0.6 is 0 Å². The number of ketones is 1. The second-order valence-corrected chi connectivity index (χ2v) is 6.55. The summed E-state index contributed by atoms with van der Waals surface area (Å²) in [6.45, 7) is 8.06. The summed E-state index contributed by atoms with van der Waals surface area (Å²) in [5.74, 6) is 6.24. The van der Waals surface area contributed by atoms with Crippen molar-refractivity contribution in [2.24, 2.45) is 17.3 Å². The molecule has 0 bridgehead atoms. The van der Waals surface area contributed by atoms with Crippen LogP contribution in [0.4, 0.5) is 0 Å². The monoisotopic (exact) mass is 260 g/mol. The van der Waals surface area contributed by atoms with E-state index in [9.17, 15) is 9.90 Å². The van der Waals surface area contributed by atoms with Crippen LogP contribution < -0.4 is 0 Å². The summed E-state index contributed by atoms with van der Waals surface area (Å²) in [5, 5.41) is 10.8. The number of carbonyl (C=O) groups excluding carboxylic acids is 1. The summed E-state index contributed by atoms with van der Waals surface area (Å²) in [7, 11) is 0. The van der Waals surface area contributed by atoms with Crippen molar-refractivity contribution >= 4 is 5.78 Å². The molecule has 0 heterocycles. The van der Waals surface area contributed by atoms with Crippen LogP contribution in [0, 0.1) is 29.1 Å². The molecule has 104 valence electrons. The SMILES string of the molecule is CCCCCC#C[C@@]1(O)C=C(C)C(=O)[C@H]2[C@@H]1C2(C)C. The third-order valence-electron chi connectivity index (χ3n) is 4.60. The van der Waals surface area contributed by atoms with E-state index in [0.717, 1.165) is 12.8 Å². The molecule has 0 unspecified atom stereocenters. The summed E-state index contributed by atoms with van der Waals surface area (Å²) in [6, 6.07) is 0. The van der Waals surface area contributed by atoms with Crippen molar-refractivity contribution in [3.63, 3.8) is 0 Å². The van der Waals surface area contributed by atoms with E-state index in [2.05, 4.69) is 32.6 Å². The Balaban J connectivity index is 2.16. The zero-order valence-electron chi connectivity index (χ0n) is 12.4. The van der Waals surface area contributed by atoms with E-state index in [1.165, 1.54) is 12.8 Å². The fourth-order valence-electron chi connectivity index (χ4n) is 3.47. The summed E-state index contributed by atoms with van der Waals surface area (Å²) in [6.07, 6.45) is 5.95. The van der Waals surface area contributed by atoms with Crippen molar-refractivity contribution in [1.82, 2.24) is 0 Å². The Kier molecular flexibility index (Phi) is 3.62. The molecule has 0 amide bonds. The lowest BCUT2D eigenvalue weighted by atomic mass is 9.86. The van der Waals surface area contributed by atoms with Gasteiger partial charge in [0.25, 0.3) is 0 Å². The predicted octanol–water partition coefficient (Wildman–Crippen LogP) is 3.10. The molecule has 0 aromatic rings. The van der Waals surface area contributed by atoms with Gasteiger partial charge in [0.2, 0.25) is 0 Å². The van der Waals surface area contributed by atoms with Gasteiger partial charge in [-0.3, -0.25) is 4.79 Å². The van der Waals surface area contributed by atoms with Gasteiger partial charge in [0.15, 0.2) is 5.78 Å². The molecule has 2 nitrogen and oxygen atoms in total. The lowest BCUT2D eigenvalue weighted by Crippen LogP contribution is -2.33. The number of rotatable bonds is 3. The van der Waals surface area contributed by atoms with Gasteiger partial charge >= 0.3 is 0 Å². The second kappa shape index (κ2) is 4.80. The molecule has 0 radical (unpaired) electrons. The lowest BCUT2D eigenvalue weighted by molar-refractivity contribution is -0.118. The number of hydrogen-bond donors (Lipinski definition) is 1. The van der Waals surface area contributed by atoms with Crippen LogP contribution in [0.2, 0.25) is 0 Å². The average molecular weight is 260 g/mol. The predicted molar refractivity (Wildman–Crippen MR) is 76.4 cm³/mol. The van der Waals surface area contributed by atoms with Crippen molar-refractivity contribution in [1.29, 1.82) is 0 Å². The van der Waals surface area contributed by atoms with Gasteiger partial charge in [-0.25, -0.2) is 0 Å². The molecule has 3 atom stereocenters. The van der Waals surface area contributed by atoms with E-state index in [1.807, 2.05) is 0 Å². The van der Waals surface area contributed by atoms with Crippen LogP contribution in [0.3, 0.4) is 0 Å². The van der Waals surface area contributed by atoms with Crippen LogP contribution in [-0.4, -0.2) is 16.5 Å². The smallest absolute Gasteiger partial charge is 0.162 e.